The van der Waals surface area contributed by atoms with Crippen molar-refractivity contribution < 1.29 is 13.2 Å². The van der Waals surface area contributed by atoms with E-state index in [9.17, 15) is 13.2 Å². The summed E-state index contributed by atoms with van der Waals surface area (Å²) in [5.41, 5.74) is 1.09. The van der Waals surface area contributed by atoms with E-state index < -0.39 is 10.0 Å². The number of nitrogens with one attached hydrogen (secondary N) is 1. The van der Waals surface area contributed by atoms with E-state index in [1.807, 2.05) is 30.3 Å². The first kappa shape index (κ1) is 21.0. The van der Waals surface area contributed by atoms with E-state index in [1.54, 1.807) is 17.5 Å². The van der Waals surface area contributed by atoms with Crippen LogP contribution in [0.2, 0.25) is 0 Å². The fraction of sp³-hybridized carbons (Fsp3) is 0.476. The first-order chi connectivity index (χ1) is 13.4. The standard InChI is InChI=1S/C21H28N2O3S2/c1-16(2)14-19(17-8-4-3-5-9-17)22-21(24)18-10-6-12-23(15-18)28(25,26)20-11-7-13-27-20/h3-5,7-9,11,13,16,18-19H,6,10,12,14-15H2,1-2H3,(H,22,24). The summed E-state index contributed by atoms with van der Waals surface area (Å²) in [6, 6.07) is 13.3. The normalized spacial score (nSPS) is 19.5. The Morgan fingerprint density at radius 1 is 1.21 bits per heavy atom. The second-order valence-corrected chi connectivity index (χ2v) is 10.8. The molecule has 2 unspecified atom stereocenters. The predicted molar refractivity (Wildman–Crippen MR) is 113 cm³/mol. The van der Waals surface area contributed by atoms with Crippen LogP contribution in [0.3, 0.4) is 0 Å². The van der Waals surface area contributed by atoms with Crippen LogP contribution in [0.5, 0.6) is 0 Å². The quantitative estimate of drug-likeness (QED) is 0.735. The second kappa shape index (κ2) is 9.20. The van der Waals surface area contributed by atoms with Crippen LogP contribution in [0, 0.1) is 11.8 Å². The van der Waals surface area contributed by atoms with Crippen LogP contribution in [-0.4, -0.2) is 31.7 Å². The molecule has 1 fully saturated rings. The molecule has 2 heterocycles. The van der Waals surface area contributed by atoms with Gasteiger partial charge in [0.25, 0.3) is 10.0 Å². The average molecular weight is 421 g/mol. The van der Waals surface area contributed by atoms with Crippen molar-refractivity contribution in [1.29, 1.82) is 0 Å². The maximum absolute atomic E-state index is 13.0. The molecule has 2 atom stereocenters. The Kier molecular flexibility index (Phi) is 6.91. The molecule has 0 radical (unpaired) electrons. The summed E-state index contributed by atoms with van der Waals surface area (Å²) in [6.45, 7) is 4.99. The van der Waals surface area contributed by atoms with Crippen LogP contribution in [-0.2, 0) is 14.8 Å². The molecule has 1 amide bonds. The van der Waals surface area contributed by atoms with Gasteiger partial charge >= 0.3 is 0 Å². The van der Waals surface area contributed by atoms with Crippen molar-refractivity contribution in [2.45, 2.75) is 43.4 Å². The van der Waals surface area contributed by atoms with Crippen molar-refractivity contribution in [3.63, 3.8) is 0 Å². The first-order valence-electron chi connectivity index (χ1n) is 9.77. The first-order valence-corrected chi connectivity index (χ1v) is 12.1. The van der Waals surface area contributed by atoms with Crippen molar-refractivity contribution in [3.8, 4) is 0 Å². The molecule has 1 aliphatic heterocycles. The van der Waals surface area contributed by atoms with E-state index in [1.165, 1.54) is 15.6 Å². The lowest BCUT2D eigenvalue weighted by Crippen LogP contribution is -2.46. The van der Waals surface area contributed by atoms with E-state index in [0.717, 1.165) is 12.0 Å². The van der Waals surface area contributed by atoms with Gasteiger partial charge in [-0.05, 0) is 42.2 Å². The van der Waals surface area contributed by atoms with Crippen LogP contribution < -0.4 is 5.32 Å². The summed E-state index contributed by atoms with van der Waals surface area (Å²) >= 11 is 1.22. The molecule has 1 aromatic heterocycles. The van der Waals surface area contributed by atoms with Crippen LogP contribution >= 0.6 is 11.3 Å². The number of thiophene rings is 1. The van der Waals surface area contributed by atoms with Gasteiger partial charge in [-0.15, -0.1) is 11.3 Å². The van der Waals surface area contributed by atoms with E-state index in [0.29, 0.717) is 29.5 Å². The minimum absolute atomic E-state index is 0.0550. The summed E-state index contributed by atoms with van der Waals surface area (Å²) in [6.07, 6.45) is 2.26. The molecule has 0 aliphatic carbocycles. The highest BCUT2D eigenvalue weighted by Gasteiger charge is 2.34. The van der Waals surface area contributed by atoms with Gasteiger partial charge in [0.2, 0.25) is 5.91 Å². The molecule has 28 heavy (non-hydrogen) atoms. The zero-order valence-corrected chi connectivity index (χ0v) is 18.0. The maximum Gasteiger partial charge on any atom is 0.252 e. The van der Waals surface area contributed by atoms with E-state index >= 15 is 0 Å². The van der Waals surface area contributed by atoms with E-state index in [2.05, 4.69) is 19.2 Å². The number of rotatable bonds is 7. The van der Waals surface area contributed by atoms with Crippen molar-refractivity contribution in [3.05, 3.63) is 53.4 Å². The fourth-order valence-corrected chi connectivity index (χ4v) is 6.31. The molecule has 0 saturated carbocycles. The number of amides is 1. The number of hydrogen-bond donors (Lipinski definition) is 1. The molecular weight excluding hydrogens is 392 g/mol. The highest BCUT2D eigenvalue weighted by molar-refractivity contribution is 7.91. The number of piperidine rings is 1. The third-order valence-corrected chi connectivity index (χ3v) is 8.31. The van der Waals surface area contributed by atoms with E-state index in [4.69, 9.17) is 0 Å². The molecule has 2 aromatic rings. The number of carbonyl (C=O) groups excluding carboxylic acids is 1. The number of benzene rings is 1. The van der Waals surface area contributed by atoms with Crippen LogP contribution in [0.1, 0.15) is 44.7 Å². The van der Waals surface area contributed by atoms with Gasteiger partial charge in [-0.25, -0.2) is 8.42 Å². The Morgan fingerprint density at radius 3 is 2.61 bits per heavy atom. The molecule has 1 N–H and O–H groups in total. The Morgan fingerprint density at radius 2 is 1.96 bits per heavy atom. The van der Waals surface area contributed by atoms with E-state index in [-0.39, 0.29) is 24.4 Å². The SMILES string of the molecule is CC(C)CC(NC(=O)C1CCCN(S(=O)(=O)c2cccs2)C1)c1ccccc1. The minimum atomic E-state index is -3.51. The molecule has 152 valence electrons. The van der Waals surface area contributed by atoms with Gasteiger partial charge < -0.3 is 5.32 Å². The lowest BCUT2D eigenvalue weighted by molar-refractivity contribution is -0.127. The smallest absolute Gasteiger partial charge is 0.252 e. The Hall–Kier alpha value is -1.70. The molecule has 5 nitrogen and oxygen atoms in total. The predicted octanol–water partition coefficient (Wildman–Crippen LogP) is 4.05. The summed E-state index contributed by atoms with van der Waals surface area (Å²) in [5.74, 6) is 0.0648. The molecular formula is C21H28N2O3S2. The third kappa shape index (κ3) is 5.01. The largest absolute Gasteiger partial charge is 0.349 e. The van der Waals surface area contributed by atoms with Crippen molar-refractivity contribution in [2.75, 3.05) is 13.1 Å². The highest BCUT2D eigenvalue weighted by Crippen LogP contribution is 2.28. The molecule has 1 aliphatic rings. The fourth-order valence-electron chi connectivity index (χ4n) is 3.64. The van der Waals surface area contributed by atoms with Crippen molar-refractivity contribution >= 4 is 27.3 Å². The summed E-state index contributed by atoms with van der Waals surface area (Å²) < 4.78 is 27.4. The van der Waals surface area contributed by atoms with Gasteiger partial charge in [-0.2, -0.15) is 4.31 Å². The lowest BCUT2D eigenvalue weighted by Gasteiger charge is -2.32. The van der Waals surface area contributed by atoms with Gasteiger partial charge in [0.1, 0.15) is 4.21 Å². The molecule has 3 rings (SSSR count). The molecule has 1 aromatic carbocycles. The Bertz CT molecular complexity index is 864. The van der Waals surface area contributed by atoms with Crippen molar-refractivity contribution in [2.24, 2.45) is 11.8 Å². The lowest BCUT2D eigenvalue weighted by atomic mass is 9.94. The zero-order chi connectivity index (χ0) is 20.1. The van der Waals surface area contributed by atoms with Gasteiger partial charge in [0, 0.05) is 13.1 Å². The Balaban J connectivity index is 1.70. The molecule has 7 heteroatoms. The average Bonchev–Trinajstić information content (AvgIpc) is 3.23. The van der Waals surface area contributed by atoms with Crippen LogP contribution in [0.25, 0.3) is 0 Å². The van der Waals surface area contributed by atoms with Gasteiger partial charge in [-0.3, -0.25) is 4.79 Å². The second-order valence-electron chi connectivity index (χ2n) is 7.74. The summed E-state index contributed by atoms with van der Waals surface area (Å²) in [5, 5.41) is 4.94. The number of hydrogen-bond acceptors (Lipinski definition) is 4. The highest BCUT2D eigenvalue weighted by atomic mass is 32.2. The number of nitrogens with zero attached hydrogens (tertiary/aromatic N) is 1. The topological polar surface area (TPSA) is 66.5 Å². The summed E-state index contributed by atoms with van der Waals surface area (Å²) in [7, 11) is -3.51. The zero-order valence-electron chi connectivity index (χ0n) is 16.4. The monoisotopic (exact) mass is 420 g/mol. The third-order valence-electron chi connectivity index (χ3n) is 5.07. The number of sulfonamides is 1. The Labute approximate surface area is 171 Å². The van der Waals surface area contributed by atoms with Crippen LogP contribution in [0.15, 0.2) is 52.1 Å². The molecule has 0 bridgehead atoms. The van der Waals surface area contributed by atoms with Gasteiger partial charge in [0.15, 0.2) is 0 Å². The summed E-state index contributed by atoms with van der Waals surface area (Å²) in [4.78, 5) is 13.0. The molecule has 0 spiro atoms. The minimum Gasteiger partial charge on any atom is -0.349 e. The van der Waals surface area contributed by atoms with Crippen molar-refractivity contribution in [1.82, 2.24) is 9.62 Å². The van der Waals surface area contributed by atoms with Crippen LogP contribution in [0.4, 0.5) is 0 Å². The number of carbonyl (C=O) groups is 1. The van der Waals surface area contributed by atoms with Gasteiger partial charge in [0.05, 0.1) is 12.0 Å². The maximum atomic E-state index is 13.0. The molecule has 1 saturated heterocycles. The van der Waals surface area contributed by atoms with Gasteiger partial charge in [-0.1, -0.05) is 50.2 Å².